The summed E-state index contributed by atoms with van der Waals surface area (Å²) in [6.45, 7) is 0. The molecule has 0 spiro atoms. The summed E-state index contributed by atoms with van der Waals surface area (Å²) in [4.78, 5) is 0. The van der Waals surface area contributed by atoms with Gasteiger partial charge in [0, 0.05) is 5.70 Å². The molecule has 0 fully saturated rings. The topological polar surface area (TPSA) is 26.0 Å². The summed E-state index contributed by atoms with van der Waals surface area (Å²) < 4.78 is 0. The van der Waals surface area contributed by atoms with Gasteiger partial charge < -0.3 is 5.73 Å². The first-order valence-corrected chi connectivity index (χ1v) is 4.91. The second-order valence-corrected chi connectivity index (χ2v) is 3.58. The van der Waals surface area contributed by atoms with Crippen LogP contribution >= 0.6 is 0 Å². The quantitative estimate of drug-likeness (QED) is 0.694. The Kier molecular flexibility index (Phi) is 2.35. The third kappa shape index (κ3) is 1.74. The number of rotatable bonds is 1. The van der Waals surface area contributed by atoms with Crippen LogP contribution in [0.25, 0.3) is 5.57 Å². The zero-order valence-corrected chi connectivity index (χ0v) is 7.79. The van der Waals surface area contributed by atoms with Crippen molar-refractivity contribution in [1.29, 1.82) is 0 Å². The molecule has 68 valence electrons. The van der Waals surface area contributed by atoms with E-state index in [9.17, 15) is 0 Å². The van der Waals surface area contributed by atoms with Crippen molar-refractivity contribution in [2.45, 2.75) is 25.7 Å². The van der Waals surface area contributed by atoms with Gasteiger partial charge in [0.2, 0.25) is 0 Å². The van der Waals surface area contributed by atoms with Gasteiger partial charge in [-0.1, -0.05) is 30.3 Å². The van der Waals surface area contributed by atoms with E-state index < -0.39 is 0 Å². The van der Waals surface area contributed by atoms with Crippen LogP contribution in [0.15, 0.2) is 36.0 Å². The average molecular weight is 173 g/mol. The second-order valence-electron chi connectivity index (χ2n) is 3.58. The van der Waals surface area contributed by atoms with Gasteiger partial charge in [0.05, 0.1) is 0 Å². The van der Waals surface area contributed by atoms with Crippen molar-refractivity contribution in [1.82, 2.24) is 0 Å². The van der Waals surface area contributed by atoms with Crippen molar-refractivity contribution in [2.75, 3.05) is 0 Å². The minimum atomic E-state index is 1.07. The number of benzene rings is 1. The highest BCUT2D eigenvalue weighted by atomic mass is 14.6. The monoisotopic (exact) mass is 173 g/mol. The predicted octanol–water partition coefficient (Wildman–Crippen LogP) is 2.93. The zero-order chi connectivity index (χ0) is 9.10. The van der Waals surface area contributed by atoms with Gasteiger partial charge in [-0.2, -0.15) is 0 Å². The van der Waals surface area contributed by atoms with Crippen LogP contribution in [0.3, 0.4) is 0 Å². The van der Waals surface area contributed by atoms with Crippen molar-refractivity contribution >= 4 is 5.57 Å². The van der Waals surface area contributed by atoms with Gasteiger partial charge >= 0.3 is 0 Å². The molecule has 0 unspecified atom stereocenters. The molecule has 0 aromatic heterocycles. The van der Waals surface area contributed by atoms with E-state index in [-0.39, 0.29) is 0 Å². The zero-order valence-electron chi connectivity index (χ0n) is 7.79. The molecular formula is C12H15N. The van der Waals surface area contributed by atoms with Gasteiger partial charge in [-0.05, 0) is 36.8 Å². The van der Waals surface area contributed by atoms with Gasteiger partial charge in [-0.3, -0.25) is 0 Å². The lowest BCUT2D eigenvalue weighted by atomic mass is 9.91. The fourth-order valence-corrected chi connectivity index (χ4v) is 1.90. The summed E-state index contributed by atoms with van der Waals surface area (Å²) in [5, 5.41) is 0. The third-order valence-corrected chi connectivity index (χ3v) is 2.63. The normalized spacial score (nSPS) is 17.5. The van der Waals surface area contributed by atoms with Crippen molar-refractivity contribution in [3.8, 4) is 0 Å². The molecule has 0 saturated carbocycles. The molecule has 0 aliphatic heterocycles. The number of allylic oxidation sites excluding steroid dienone is 2. The Balaban J connectivity index is 2.35. The highest BCUT2D eigenvalue weighted by Crippen LogP contribution is 2.29. The van der Waals surface area contributed by atoms with Crippen LogP contribution in [-0.4, -0.2) is 0 Å². The fraction of sp³-hybridized carbons (Fsp3) is 0.333. The van der Waals surface area contributed by atoms with E-state index in [2.05, 4.69) is 24.3 Å². The van der Waals surface area contributed by atoms with Crippen LogP contribution < -0.4 is 5.73 Å². The standard InChI is InChI=1S/C12H15N/c13-12-9-5-4-8-11(12)10-6-2-1-3-7-10/h1-3,6-7H,4-5,8-9,13H2. The molecule has 0 radical (unpaired) electrons. The highest BCUT2D eigenvalue weighted by molar-refractivity contribution is 5.68. The van der Waals surface area contributed by atoms with E-state index in [1.165, 1.54) is 24.0 Å². The molecule has 2 N–H and O–H groups in total. The maximum absolute atomic E-state index is 5.99. The number of hydrogen-bond acceptors (Lipinski definition) is 1. The fourth-order valence-electron chi connectivity index (χ4n) is 1.90. The van der Waals surface area contributed by atoms with Crippen LogP contribution in [0.4, 0.5) is 0 Å². The first-order chi connectivity index (χ1) is 6.38. The summed E-state index contributed by atoms with van der Waals surface area (Å²) >= 11 is 0. The van der Waals surface area contributed by atoms with Crippen molar-refractivity contribution in [2.24, 2.45) is 5.73 Å². The van der Waals surface area contributed by atoms with Crippen LogP contribution in [-0.2, 0) is 0 Å². The molecule has 1 aliphatic rings. The SMILES string of the molecule is NC1=C(c2ccccc2)CCCC1. The Morgan fingerprint density at radius 2 is 1.62 bits per heavy atom. The molecule has 2 rings (SSSR count). The van der Waals surface area contributed by atoms with Crippen LogP contribution in [0.1, 0.15) is 31.2 Å². The second kappa shape index (κ2) is 3.65. The molecule has 1 aromatic carbocycles. The van der Waals surface area contributed by atoms with E-state index in [0.29, 0.717) is 0 Å². The van der Waals surface area contributed by atoms with Gasteiger partial charge in [0.15, 0.2) is 0 Å². The molecule has 0 saturated heterocycles. The molecule has 1 heteroatoms. The average Bonchev–Trinajstić information content (AvgIpc) is 2.20. The summed E-state index contributed by atoms with van der Waals surface area (Å²) in [6, 6.07) is 10.5. The van der Waals surface area contributed by atoms with Crippen LogP contribution in [0.2, 0.25) is 0 Å². The van der Waals surface area contributed by atoms with Gasteiger partial charge in [0.1, 0.15) is 0 Å². The lowest BCUT2D eigenvalue weighted by molar-refractivity contribution is 0.708. The summed E-state index contributed by atoms with van der Waals surface area (Å²) in [7, 11) is 0. The molecule has 0 amide bonds. The minimum Gasteiger partial charge on any atom is -0.402 e. The molecule has 13 heavy (non-hydrogen) atoms. The first-order valence-electron chi connectivity index (χ1n) is 4.91. The van der Waals surface area contributed by atoms with E-state index >= 15 is 0 Å². The highest BCUT2D eigenvalue weighted by Gasteiger charge is 2.10. The van der Waals surface area contributed by atoms with Gasteiger partial charge in [-0.25, -0.2) is 0 Å². The Morgan fingerprint density at radius 1 is 0.923 bits per heavy atom. The van der Waals surface area contributed by atoms with Crippen LogP contribution in [0.5, 0.6) is 0 Å². The summed E-state index contributed by atoms with van der Waals surface area (Å²) in [5.41, 5.74) is 9.76. The van der Waals surface area contributed by atoms with E-state index in [0.717, 1.165) is 18.5 Å². The lowest BCUT2D eigenvalue weighted by Gasteiger charge is -2.17. The van der Waals surface area contributed by atoms with Gasteiger partial charge in [0.25, 0.3) is 0 Å². The molecule has 1 nitrogen and oxygen atoms in total. The Bertz CT molecular complexity index is 311. The maximum atomic E-state index is 5.99. The van der Waals surface area contributed by atoms with E-state index in [4.69, 9.17) is 5.73 Å². The Hall–Kier alpha value is -1.24. The van der Waals surface area contributed by atoms with E-state index in [1.54, 1.807) is 0 Å². The molecule has 0 atom stereocenters. The predicted molar refractivity (Wildman–Crippen MR) is 56.0 cm³/mol. The summed E-state index contributed by atoms with van der Waals surface area (Å²) in [5.74, 6) is 0. The minimum absolute atomic E-state index is 1.07. The van der Waals surface area contributed by atoms with Crippen molar-refractivity contribution < 1.29 is 0 Å². The van der Waals surface area contributed by atoms with Crippen LogP contribution in [0, 0.1) is 0 Å². The molecule has 1 aliphatic carbocycles. The van der Waals surface area contributed by atoms with Gasteiger partial charge in [-0.15, -0.1) is 0 Å². The third-order valence-electron chi connectivity index (χ3n) is 2.63. The first kappa shape index (κ1) is 8.36. The summed E-state index contributed by atoms with van der Waals surface area (Å²) in [6.07, 6.45) is 4.76. The van der Waals surface area contributed by atoms with E-state index in [1.807, 2.05) is 6.07 Å². The van der Waals surface area contributed by atoms with Crippen molar-refractivity contribution in [3.05, 3.63) is 41.6 Å². The lowest BCUT2D eigenvalue weighted by Crippen LogP contribution is -2.06. The molecule has 0 bridgehead atoms. The molecular weight excluding hydrogens is 158 g/mol. The molecule has 0 heterocycles. The number of nitrogens with two attached hydrogens (primary N) is 1. The molecule has 1 aromatic rings. The largest absolute Gasteiger partial charge is 0.402 e. The smallest absolute Gasteiger partial charge is 0.0119 e. The maximum Gasteiger partial charge on any atom is 0.0119 e. The van der Waals surface area contributed by atoms with Crippen molar-refractivity contribution in [3.63, 3.8) is 0 Å². The Morgan fingerprint density at radius 3 is 2.31 bits per heavy atom. The Labute approximate surface area is 79.3 Å². The number of hydrogen-bond donors (Lipinski definition) is 1.